The fourth-order valence-electron chi connectivity index (χ4n) is 4.32. The number of fused-ring (bicyclic) bond motifs is 1. The van der Waals surface area contributed by atoms with Crippen LogP contribution >= 0.6 is 22.9 Å². The lowest BCUT2D eigenvalue weighted by molar-refractivity contribution is 0.301. The summed E-state index contributed by atoms with van der Waals surface area (Å²) in [7, 11) is 2.16. The van der Waals surface area contributed by atoms with Gasteiger partial charge in [-0.15, -0.1) is 0 Å². The molecule has 38 heavy (non-hydrogen) atoms. The van der Waals surface area contributed by atoms with Crippen LogP contribution in [0.15, 0.2) is 73.3 Å². The van der Waals surface area contributed by atoms with E-state index in [0.717, 1.165) is 64.0 Å². The molecule has 1 fully saturated rings. The van der Waals surface area contributed by atoms with Gasteiger partial charge in [0.15, 0.2) is 5.13 Å². The van der Waals surface area contributed by atoms with Gasteiger partial charge in [0.2, 0.25) is 0 Å². The summed E-state index contributed by atoms with van der Waals surface area (Å²) in [6.07, 6.45) is 5.26. The van der Waals surface area contributed by atoms with Gasteiger partial charge in [-0.05, 0) is 55.1 Å². The van der Waals surface area contributed by atoms with E-state index in [1.54, 1.807) is 23.9 Å². The molecule has 5 aromatic rings. The Morgan fingerprint density at radius 2 is 1.87 bits per heavy atom. The molecule has 1 aliphatic heterocycles. The van der Waals surface area contributed by atoms with E-state index in [0.29, 0.717) is 23.2 Å². The second-order valence-electron chi connectivity index (χ2n) is 9.13. The van der Waals surface area contributed by atoms with Crippen LogP contribution in [0.1, 0.15) is 5.69 Å². The number of thiazole rings is 1. The van der Waals surface area contributed by atoms with E-state index in [2.05, 4.69) is 49.2 Å². The van der Waals surface area contributed by atoms with E-state index < -0.39 is 0 Å². The Balaban J connectivity index is 1.21. The Morgan fingerprint density at radius 1 is 0.974 bits per heavy atom. The van der Waals surface area contributed by atoms with Gasteiger partial charge in [-0.1, -0.05) is 35.1 Å². The number of hydrogen-bond acceptors (Lipinski definition) is 9. The quantitative estimate of drug-likeness (QED) is 0.273. The summed E-state index contributed by atoms with van der Waals surface area (Å²) in [4.78, 5) is 23.8. The number of piperazine rings is 1. The summed E-state index contributed by atoms with van der Waals surface area (Å²) in [5.74, 6) is 1.30. The predicted octanol–water partition coefficient (Wildman–Crippen LogP) is 5.88. The molecule has 0 saturated carbocycles. The first-order chi connectivity index (χ1) is 18.6. The first kappa shape index (κ1) is 24.5. The van der Waals surface area contributed by atoms with Gasteiger partial charge in [-0.25, -0.2) is 15.0 Å². The maximum Gasteiger partial charge on any atom is 0.185 e. The normalized spacial score (nSPS) is 14.1. The number of nitrogens with zero attached hydrogens (tertiary/aromatic N) is 6. The molecule has 6 rings (SSSR count). The lowest BCUT2D eigenvalue weighted by atomic mass is 10.1. The molecule has 0 unspecified atom stereocenters. The third-order valence-electron chi connectivity index (χ3n) is 6.48. The number of aromatic nitrogens is 4. The number of halogens is 1. The number of hydrogen-bond donors (Lipinski definition) is 1. The zero-order valence-electron chi connectivity index (χ0n) is 20.8. The molecule has 10 heteroatoms. The van der Waals surface area contributed by atoms with Crippen molar-refractivity contribution in [3.05, 3.63) is 84.0 Å². The van der Waals surface area contributed by atoms with Crippen LogP contribution in [0.5, 0.6) is 5.75 Å². The molecule has 0 amide bonds. The molecular weight excluding hydrogens is 518 g/mol. The van der Waals surface area contributed by atoms with Crippen LogP contribution in [-0.4, -0.2) is 58.1 Å². The molecular formula is C28H26ClN7OS. The summed E-state index contributed by atoms with van der Waals surface area (Å²) < 4.78 is 5.86. The van der Waals surface area contributed by atoms with E-state index >= 15 is 0 Å². The van der Waals surface area contributed by atoms with Crippen molar-refractivity contribution >= 4 is 50.5 Å². The average molecular weight is 544 g/mol. The fourth-order valence-corrected chi connectivity index (χ4v) is 5.52. The SMILES string of the molecule is CN1CCN(c2ncc(-c3ccc4ncnc(Nc5ccc(OCc6ccccn6)c(Cl)c5)c4c3)s2)CC1. The highest BCUT2D eigenvalue weighted by atomic mass is 35.5. The van der Waals surface area contributed by atoms with Gasteiger partial charge in [0, 0.05) is 49.6 Å². The van der Waals surface area contributed by atoms with Crippen molar-refractivity contribution in [2.24, 2.45) is 0 Å². The Morgan fingerprint density at radius 3 is 2.68 bits per heavy atom. The molecule has 1 N–H and O–H groups in total. The van der Waals surface area contributed by atoms with Crippen molar-refractivity contribution < 1.29 is 4.74 Å². The summed E-state index contributed by atoms with van der Waals surface area (Å²) in [5.41, 5.74) is 3.59. The number of benzene rings is 2. The summed E-state index contributed by atoms with van der Waals surface area (Å²) in [5, 5.41) is 5.89. The van der Waals surface area contributed by atoms with Crippen molar-refractivity contribution in [1.82, 2.24) is 24.8 Å². The zero-order valence-corrected chi connectivity index (χ0v) is 22.4. The number of rotatable bonds is 7. The molecule has 8 nitrogen and oxygen atoms in total. The van der Waals surface area contributed by atoms with Gasteiger partial charge in [0.05, 0.1) is 21.1 Å². The predicted molar refractivity (Wildman–Crippen MR) is 154 cm³/mol. The number of ether oxygens (including phenoxy) is 1. The van der Waals surface area contributed by atoms with Crippen LogP contribution in [0.2, 0.25) is 5.02 Å². The second kappa shape index (κ2) is 10.9. The van der Waals surface area contributed by atoms with E-state index in [-0.39, 0.29) is 0 Å². The molecule has 0 radical (unpaired) electrons. The number of likely N-dealkylation sites (N-methyl/N-ethyl adjacent to an activating group) is 1. The van der Waals surface area contributed by atoms with Gasteiger partial charge < -0.3 is 19.9 Å². The van der Waals surface area contributed by atoms with E-state index in [4.69, 9.17) is 21.3 Å². The Hall–Kier alpha value is -3.79. The summed E-state index contributed by atoms with van der Waals surface area (Å²) >= 11 is 8.25. The molecule has 0 bridgehead atoms. The molecule has 1 saturated heterocycles. The third-order valence-corrected chi connectivity index (χ3v) is 7.89. The van der Waals surface area contributed by atoms with Crippen LogP contribution in [0.4, 0.5) is 16.6 Å². The average Bonchev–Trinajstić information content (AvgIpc) is 3.44. The van der Waals surface area contributed by atoms with Crippen LogP contribution in [-0.2, 0) is 6.61 Å². The molecule has 1 aliphatic rings. The van der Waals surface area contributed by atoms with Gasteiger partial charge in [0.25, 0.3) is 0 Å². The van der Waals surface area contributed by atoms with Crippen molar-refractivity contribution in [2.45, 2.75) is 6.61 Å². The Labute approximate surface area is 229 Å². The highest BCUT2D eigenvalue weighted by Crippen LogP contribution is 2.35. The number of anilines is 3. The molecule has 4 heterocycles. The lowest BCUT2D eigenvalue weighted by Gasteiger charge is -2.32. The fraction of sp³-hybridized carbons (Fsp3) is 0.214. The van der Waals surface area contributed by atoms with Crippen LogP contribution in [0.3, 0.4) is 0 Å². The van der Waals surface area contributed by atoms with Crippen LogP contribution in [0, 0.1) is 0 Å². The standard InChI is InChI=1S/C28H26ClN7OS/c1-35-10-12-36(13-11-35)28-31-16-26(38-28)19-5-7-24-22(14-19)27(33-18-32-24)34-20-6-8-25(23(29)15-20)37-17-21-4-2-3-9-30-21/h2-9,14-16,18H,10-13,17H2,1H3,(H,32,33,34). The van der Waals surface area contributed by atoms with Crippen molar-refractivity contribution in [2.75, 3.05) is 43.4 Å². The highest BCUT2D eigenvalue weighted by molar-refractivity contribution is 7.18. The molecule has 2 aromatic carbocycles. The first-order valence-corrected chi connectivity index (χ1v) is 13.6. The summed E-state index contributed by atoms with van der Waals surface area (Å²) in [6, 6.07) is 17.5. The topological polar surface area (TPSA) is 79.3 Å². The highest BCUT2D eigenvalue weighted by Gasteiger charge is 2.18. The van der Waals surface area contributed by atoms with Gasteiger partial charge in [-0.3, -0.25) is 4.98 Å². The third kappa shape index (κ3) is 5.40. The van der Waals surface area contributed by atoms with Crippen LogP contribution in [0.25, 0.3) is 21.3 Å². The maximum absolute atomic E-state index is 6.53. The second-order valence-corrected chi connectivity index (χ2v) is 10.5. The minimum absolute atomic E-state index is 0.348. The number of nitrogens with one attached hydrogen (secondary N) is 1. The van der Waals surface area contributed by atoms with E-state index in [9.17, 15) is 0 Å². The molecule has 192 valence electrons. The van der Waals surface area contributed by atoms with E-state index in [1.165, 1.54) is 0 Å². The Kier molecular flexibility index (Phi) is 7.04. The monoisotopic (exact) mass is 543 g/mol. The molecule has 0 atom stereocenters. The summed E-state index contributed by atoms with van der Waals surface area (Å²) in [6.45, 7) is 4.45. The smallest absolute Gasteiger partial charge is 0.185 e. The van der Waals surface area contributed by atoms with Crippen LogP contribution < -0.4 is 15.0 Å². The minimum Gasteiger partial charge on any atom is -0.486 e. The van der Waals surface area contributed by atoms with Crippen molar-refractivity contribution in [3.8, 4) is 16.2 Å². The van der Waals surface area contributed by atoms with E-state index in [1.807, 2.05) is 48.7 Å². The van der Waals surface area contributed by atoms with Crippen molar-refractivity contribution in [1.29, 1.82) is 0 Å². The van der Waals surface area contributed by atoms with Gasteiger partial charge in [0.1, 0.15) is 24.5 Å². The lowest BCUT2D eigenvalue weighted by Crippen LogP contribution is -2.44. The molecule has 0 spiro atoms. The van der Waals surface area contributed by atoms with Crippen molar-refractivity contribution in [3.63, 3.8) is 0 Å². The Bertz CT molecular complexity index is 1550. The van der Waals surface area contributed by atoms with Gasteiger partial charge in [-0.2, -0.15) is 0 Å². The van der Waals surface area contributed by atoms with Gasteiger partial charge >= 0.3 is 0 Å². The largest absolute Gasteiger partial charge is 0.486 e. The molecule has 0 aliphatic carbocycles. The molecule has 3 aromatic heterocycles. The minimum atomic E-state index is 0.348. The maximum atomic E-state index is 6.53. The zero-order chi connectivity index (χ0) is 25.9. The first-order valence-electron chi connectivity index (χ1n) is 12.4. The number of pyridine rings is 1.